The van der Waals surface area contributed by atoms with Crippen molar-refractivity contribution in [2.24, 2.45) is 4.99 Å². The Bertz CT molecular complexity index is 3250. The molecule has 8 aromatic carbocycles. The Morgan fingerprint density at radius 1 is 0.464 bits per heavy atom. The number of benzene rings is 8. The van der Waals surface area contributed by atoms with Crippen molar-refractivity contribution in [3.05, 3.63) is 202 Å². The number of aliphatic hydroxyl groups excluding tert-OH is 1. The van der Waals surface area contributed by atoms with Gasteiger partial charge in [0, 0.05) is 49.5 Å². The Balaban J connectivity index is 1.04. The molecule has 6 heteroatoms. The van der Waals surface area contributed by atoms with Crippen molar-refractivity contribution in [1.29, 1.82) is 0 Å². The first-order valence-corrected chi connectivity index (χ1v) is 19.0. The Hall–Kier alpha value is -7.44. The number of nitrogens with zero attached hydrogens (tertiary/aromatic N) is 1. The summed E-state index contributed by atoms with van der Waals surface area (Å²) in [6.45, 7) is 0. The number of carbonyl (C=O) groups excluding carboxylic acids is 1. The summed E-state index contributed by atoms with van der Waals surface area (Å²) in [6.07, 6.45) is 0. The molecule has 0 atom stereocenters. The molecule has 5 aliphatic rings. The Morgan fingerprint density at radius 3 is 1.70 bits per heavy atom. The largest absolute Gasteiger partial charge is 0.506 e. The zero-order valence-electron chi connectivity index (χ0n) is 29.8. The lowest BCUT2D eigenvalue weighted by Crippen LogP contribution is -2.45. The van der Waals surface area contributed by atoms with Crippen molar-refractivity contribution < 1.29 is 9.90 Å². The molecule has 0 fully saturated rings. The van der Waals surface area contributed by atoms with Gasteiger partial charge in [-0.1, -0.05) is 146 Å². The van der Waals surface area contributed by atoms with Gasteiger partial charge in [-0.2, -0.15) is 0 Å². The van der Waals surface area contributed by atoms with Crippen molar-refractivity contribution in [2.45, 2.75) is 11.3 Å². The minimum absolute atomic E-state index is 0.0108. The maximum absolute atomic E-state index is 14.9. The maximum Gasteiger partial charge on any atom is 0.201 e. The van der Waals surface area contributed by atoms with E-state index in [0.29, 0.717) is 21.9 Å². The molecular formula is C50H30N4O2. The number of rotatable bonds is 1. The van der Waals surface area contributed by atoms with Crippen LogP contribution in [0.15, 0.2) is 168 Å². The number of hydrogen-bond donors (Lipinski definition) is 4. The number of carbonyl (C=O) groups is 1. The van der Waals surface area contributed by atoms with E-state index in [9.17, 15) is 9.90 Å². The zero-order valence-corrected chi connectivity index (χ0v) is 29.8. The van der Waals surface area contributed by atoms with Gasteiger partial charge in [-0.3, -0.25) is 4.79 Å². The highest BCUT2D eigenvalue weighted by atomic mass is 16.3. The van der Waals surface area contributed by atoms with E-state index in [-0.39, 0.29) is 11.5 Å². The number of aliphatic hydroxyl groups is 1. The van der Waals surface area contributed by atoms with Crippen LogP contribution in [0.25, 0.3) is 54.9 Å². The van der Waals surface area contributed by atoms with E-state index in [1.54, 1.807) is 0 Å². The van der Waals surface area contributed by atoms with Crippen LogP contribution < -0.4 is 26.5 Å². The lowest BCUT2D eigenvalue weighted by molar-refractivity contribution is -0.109. The number of allylic oxidation sites excluding steroid dienone is 2. The highest BCUT2D eigenvalue weighted by Crippen LogP contribution is 2.56. The quantitative estimate of drug-likeness (QED) is 0.136. The van der Waals surface area contributed by atoms with Gasteiger partial charge in [-0.15, -0.1) is 0 Å². The molecular weight excluding hydrogens is 689 g/mol. The third-order valence-electron chi connectivity index (χ3n) is 12.6. The average molecular weight is 719 g/mol. The van der Waals surface area contributed by atoms with Gasteiger partial charge >= 0.3 is 0 Å². The Kier molecular flexibility index (Phi) is 5.45. The fourth-order valence-corrected chi connectivity index (χ4v) is 10.3. The molecule has 0 radical (unpaired) electrons. The average Bonchev–Trinajstić information content (AvgIpc) is 3.66. The SMILES string of the molecule is O=C1C(c2ccc3cccc4c3c2NC2(N4)c3ccccc3-c3ccccc32)=C(O)/C1=c1/ccc2cccc3c2c1NC1(N=3)c2ccccc2-c2ccccc21. The molecule has 2 aliphatic heterocycles. The predicted octanol–water partition coefficient (Wildman–Crippen LogP) is 9.34. The minimum Gasteiger partial charge on any atom is -0.506 e. The summed E-state index contributed by atoms with van der Waals surface area (Å²) in [5.74, 6) is -0.209. The lowest BCUT2D eigenvalue weighted by atomic mass is 9.79. The van der Waals surface area contributed by atoms with Gasteiger partial charge in [0.2, 0.25) is 5.78 Å². The van der Waals surface area contributed by atoms with Gasteiger partial charge in [-0.25, -0.2) is 4.99 Å². The summed E-state index contributed by atoms with van der Waals surface area (Å²) in [7, 11) is 0. The van der Waals surface area contributed by atoms with Gasteiger partial charge < -0.3 is 21.1 Å². The molecule has 262 valence electrons. The van der Waals surface area contributed by atoms with Crippen LogP contribution in [0.1, 0.15) is 27.8 Å². The Labute approximate surface area is 320 Å². The van der Waals surface area contributed by atoms with Crippen LogP contribution in [0.4, 0.5) is 17.1 Å². The molecule has 6 nitrogen and oxygen atoms in total. The molecule has 13 rings (SSSR count). The second kappa shape index (κ2) is 10.2. The smallest absolute Gasteiger partial charge is 0.201 e. The summed E-state index contributed by atoms with van der Waals surface area (Å²) >= 11 is 0. The van der Waals surface area contributed by atoms with E-state index < -0.39 is 11.3 Å². The monoisotopic (exact) mass is 718 g/mol. The number of anilines is 3. The molecule has 4 N–H and O–H groups in total. The highest BCUT2D eigenvalue weighted by molar-refractivity contribution is 6.52. The van der Waals surface area contributed by atoms with Gasteiger partial charge in [0.1, 0.15) is 5.76 Å². The molecule has 0 amide bonds. The molecule has 0 saturated heterocycles. The fraction of sp³-hybridized carbons (Fsp3) is 0.0400. The third kappa shape index (κ3) is 3.48. The predicted molar refractivity (Wildman–Crippen MR) is 223 cm³/mol. The van der Waals surface area contributed by atoms with Crippen molar-refractivity contribution in [1.82, 2.24) is 0 Å². The van der Waals surface area contributed by atoms with E-state index in [0.717, 1.165) is 88.5 Å². The van der Waals surface area contributed by atoms with Crippen LogP contribution in [-0.2, 0) is 16.1 Å². The Morgan fingerprint density at radius 2 is 1.04 bits per heavy atom. The van der Waals surface area contributed by atoms with Crippen molar-refractivity contribution in [3.8, 4) is 22.3 Å². The van der Waals surface area contributed by atoms with E-state index >= 15 is 0 Å². The van der Waals surface area contributed by atoms with Crippen LogP contribution in [0, 0.1) is 0 Å². The molecule has 0 bridgehead atoms. The van der Waals surface area contributed by atoms with Crippen LogP contribution in [-0.4, -0.2) is 10.9 Å². The summed E-state index contributed by atoms with van der Waals surface area (Å²) in [6, 6.07) is 54.1. The fourth-order valence-electron chi connectivity index (χ4n) is 10.3. The van der Waals surface area contributed by atoms with E-state index in [2.05, 4.69) is 137 Å². The standard InChI is InChI=1S/C50H30N4O2/c55-47-43(33-25-23-27-11-9-21-39-41(27)45(33)53-49(51-39)35-17-5-1-13-29(35)30-14-2-6-18-36(30)49)48(56)44(47)34-26-24-28-12-10-22-40-42(28)46(34)54-50(52-40)37-19-7-3-15-31(37)32-16-4-8-20-38(32)50/h1-26,51,53-55H/b44-34+. The first-order chi connectivity index (χ1) is 27.6. The van der Waals surface area contributed by atoms with Gasteiger partial charge in [0.15, 0.2) is 11.3 Å². The summed E-state index contributed by atoms with van der Waals surface area (Å²) in [5, 5.41) is 29.4. The number of ketones is 1. The van der Waals surface area contributed by atoms with Crippen LogP contribution >= 0.6 is 0 Å². The number of Topliss-reactive ketones (excluding diaryl/α,β-unsaturated/α-hetero) is 1. The molecule has 0 saturated carbocycles. The number of hydrogen-bond acceptors (Lipinski definition) is 6. The minimum atomic E-state index is -0.905. The first kappa shape index (κ1) is 29.9. The molecule has 2 heterocycles. The maximum atomic E-state index is 14.9. The van der Waals surface area contributed by atoms with Gasteiger partial charge in [0.05, 0.1) is 27.9 Å². The van der Waals surface area contributed by atoms with Gasteiger partial charge in [0.25, 0.3) is 0 Å². The number of nitrogens with one attached hydrogen (secondary N) is 3. The summed E-state index contributed by atoms with van der Waals surface area (Å²) in [5.41, 5.74) is 11.0. The van der Waals surface area contributed by atoms with Crippen LogP contribution in [0.5, 0.6) is 0 Å². The molecule has 0 aromatic heterocycles. The molecule has 56 heavy (non-hydrogen) atoms. The van der Waals surface area contributed by atoms with Crippen LogP contribution in [0.3, 0.4) is 0 Å². The summed E-state index contributed by atoms with van der Waals surface area (Å²) in [4.78, 5) is 20.3. The number of fused-ring (bicyclic) bond motifs is 10. The lowest BCUT2D eigenvalue weighted by Gasteiger charge is -2.41. The van der Waals surface area contributed by atoms with Crippen molar-refractivity contribution >= 4 is 55.5 Å². The molecule has 2 spiro atoms. The third-order valence-corrected chi connectivity index (χ3v) is 12.6. The highest BCUT2D eigenvalue weighted by Gasteiger charge is 2.49. The normalized spacial score (nSPS) is 17.7. The molecule has 0 unspecified atom stereocenters. The summed E-state index contributed by atoms with van der Waals surface area (Å²) < 4.78 is 0. The molecule has 3 aliphatic carbocycles. The van der Waals surface area contributed by atoms with E-state index in [1.165, 1.54) is 0 Å². The molecule has 8 aromatic rings. The van der Waals surface area contributed by atoms with E-state index in [4.69, 9.17) is 4.99 Å². The van der Waals surface area contributed by atoms with Crippen molar-refractivity contribution in [3.63, 3.8) is 0 Å². The topological polar surface area (TPSA) is 85.8 Å². The van der Waals surface area contributed by atoms with E-state index in [1.807, 2.05) is 36.4 Å². The second-order valence-corrected chi connectivity index (χ2v) is 15.3. The van der Waals surface area contributed by atoms with Crippen molar-refractivity contribution in [2.75, 3.05) is 16.0 Å². The van der Waals surface area contributed by atoms with Gasteiger partial charge in [-0.05, 0) is 45.2 Å². The first-order valence-electron chi connectivity index (χ1n) is 19.0. The van der Waals surface area contributed by atoms with Crippen LogP contribution in [0.2, 0.25) is 0 Å². The zero-order chi connectivity index (χ0) is 36.9. The second-order valence-electron chi connectivity index (χ2n) is 15.3.